The van der Waals surface area contributed by atoms with E-state index in [0.717, 1.165) is 22.5 Å². The molecule has 0 bridgehead atoms. The summed E-state index contributed by atoms with van der Waals surface area (Å²) < 4.78 is 22.8. The summed E-state index contributed by atoms with van der Waals surface area (Å²) in [7, 11) is -3.46. The van der Waals surface area contributed by atoms with Crippen LogP contribution >= 0.6 is 7.52 Å². The third kappa shape index (κ3) is 2.64. The van der Waals surface area contributed by atoms with Gasteiger partial charge in [0.2, 0.25) is 0 Å². The van der Waals surface area contributed by atoms with Crippen molar-refractivity contribution in [2.45, 2.75) is 0 Å². The standard InChI is InChI=1S/C24H18NO2P/c26-28(25(19-11-3-1-4-12-19)20-13-5-2-6-14-20)24-18-10-8-16-22(24)21-15-7-9-17-23(21)27-28/h1-18H. The van der Waals surface area contributed by atoms with Crippen molar-refractivity contribution in [2.24, 2.45) is 0 Å². The topological polar surface area (TPSA) is 29.5 Å². The molecule has 0 N–H and O–H groups in total. The van der Waals surface area contributed by atoms with Gasteiger partial charge in [-0.25, -0.2) is 4.57 Å². The van der Waals surface area contributed by atoms with E-state index in [1.54, 1.807) is 0 Å². The lowest BCUT2D eigenvalue weighted by molar-refractivity contribution is 0.491. The smallest absolute Gasteiger partial charge is 0.379 e. The Morgan fingerprint density at radius 1 is 0.571 bits per heavy atom. The number of benzene rings is 4. The number of hydrogen-bond donors (Lipinski definition) is 0. The SMILES string of the molecule is O=P1(N(c2ccccc2)c2ccccc2)Oc2ccccc2-c2ccccc21. The molecule has 4 heteroatoms. The van der Waals surface area contributed by atoms with E-state index >= 15 is 0 Å². The van der Waals surface area contributed by atoms with Gasteiger partial charge in [0.05, 0.1) is 16.7 Å². The number of para-hydroxylation sites is 3. The lowest BCUT2D eigenvalue weighted by Crippen LogP contribution is -2.29. The maximum atomic E-state index is 14.6. The summed E-state index contributed by atoms with van der Waals surface area (Å²) >= 11 is 0. The van der Waals surface area contributed by atoms with E-state index in [4.69, 9.17) is 4.52 Å². The van der Waals surface area contributed by atoms with Gasteiger partial charge >= 0.3 is 7.52 Å². The van der Waals surface area contributed by atoms with Crippen LogP contribution in [0.2, 0.25) is 0 Å². The minimum Gasteiger partial charge on any atom is -0.425 e. The Bertz CT molecular complexity index is 1140. The Hall–Kier alpha value is -3.29. The van der Waals surface area contributed by atoms with Gasteiger partial charge in [0.25, 0.3) is 0 Å². The largest absolute Gasteiger partial charge is 0.425 e. The van der Waals surface area contributed by atoms with E-state index in [1.165, 1.54) is 0 Å². The van der Waals surface area contributed by atoms with Crippen LogP contribution < -0.4 is 14.5 Å². The van der Waals surface area contributed by atoms with Gasteiger partial charge in [-0.15, -0.1) is 0 Å². The molecule has 0 aliphatic carbocycles. The average Bonchev–Trinajstić information content (AvgIpc) is 2.76. The summed E-state index contributed by atoms with van der Waals surface area (Å²) in [5.41, 5.74) is 3.56. The van der Waals surface area contributed by atoms with Crippen molar-refractivity contribution in [3.05, 3.63) is 109 Å². The van der Waals surface area contributed by atoms with Crippen LogP contribution in [0.4, 0.5) is 11.4 Å². The fraction of sp³-hybridized carbons (Fsp3) is 0. The van der Waals surface area contributed by atoms with E-state index in [9.17, 15) is 4.57 Å². The number of anilines is 2. The molecule has 0 saturated heterocycles. The fourth-order valence-electron chi connectivity index (χ4n) is 3.64. The quantitative estimate of drug-likeness (QED) is 0.383. The first-order valence-electron chi connectivity index (χ1n) is 9.17. The van der Waals surface area contributed by atoms with Gasteiger partial charge in [-0.05, 0) is 36.4 Å². The van der Waals surface area contributed by atoms with Crippen molar-refractivity contribution in [1.82, 2.24) is 0 Å². The van der Waals surface area contributed by atoms with Crippen LogP contribution in [0.25, 0.3) is 11.1 Å². The van der Waals surface area contributed by atoms with E-state index in [1.807, 2.05) is 114 Å². The van der Waals surface area contributed by atoms with Crippen LogP contribution in [0.5, 0.6) is 5.75 Å². The van der Waals surface area contributed by atoms with Crippen LogP contribution in [-0.2, 0) is 4.57 Å². The van der Waals surface area contributed by atoms with Crippen molar-refractivity contribution >= 4 is 24.2 Å². The van der Waals surface area contributed by atoms with E-state index in [0.29, 0.717) is 11.1 Å². The van der Waals surface area contributed by atoms with Crippen molar-refractivity contribution in [2.75, 3.05) is 4.67 Å². The van der Waals surface area contributed by atoms with E-state index in [-0.39, 0.29) is 0 Å². The fourth-order valence-corrected chi connectivity index (χ4v) is 6.11. The van der Waals surface area contributed by atoms with Gasteiger partial charge < -0.3 is 4.52 Å². The third-order valence-corrected chi connectivity index (χ3v) is 7.30. The maximum absolute atomic E-state index is 14.6. The summed E-state index contributed by atoms with van der Waals surface area (Å²) in [6.45, 7) is 0. The summed E-state index contributed by atoms with van der Waals surface area (Å²) in [6.07, 6.45) is 0. The molecule has 1 heterocycles. The van der Waals surface area contributed by atoms with Crippen LogP contribution in [0.15, 0.2) is 109 Å². The van der Waals surface area contributed by atoms with Crippen molar-refractivity contribution in [3.63, 3.8) is 0 Å². The Labute approximate surface area is 164 Å². The van der Waals surface area contributed by atoms with Gasteiger partial charge in [0.1, 0.15) is 5.75 Å². The molecule has 0 radical (unpaired) electrons. The first-order valence-corrected chi connectivity index (χ1v) is 10.7. The highest BCUT2D eigenvalue weighted by Gasteiger charge is 2.42. The molecule has 1 aliphatic rings. The zero-order valence-corrected chi connectivity index (χ0v) is 16.0. The van der Waals surface area contributed by atoms with Crippen molar-refractivity contribution < 1.29 is 9.09 Å². The molecule has 1 unspecified atom stereocenters. The first-order chi connectivity index (χ1) is 13.8. The summed E-state index contributed by atoms with van der Waals surface area (Å²) in [5, 5.41) is 0.710. The molecule has 4 aromatic rings. The second-order valence-corrected chi connectivity index (χ2v) is 8.71. The molecule has 0 saturated carbocycles. The Balaban J connectivity index is 1.79. The average molecular weight is 383 g/mol. The van der Waals surface area contributed by atoms with Crippen LogP contribution in [0, 0.1) is 0 Å². The number of fused-ring (bicyclic) bond motifs is 3. The number of hydrogen-bond acceptors (Lipinski definition) is 2. The predicted octanol–water partition coefficient (Wildman–Crippen LogP) is 6.40. The molecule has 0 spiro atoms. The molecule has 4 aromatic carbocycles. The molecule has 136 valence electrons. The second kappa shape index (κ2) is 6.70. The Morgan fingerprint density at radius 3 is 1.71 bits per heavy atom. The third-order valence-electron chi connectivity index (χ3n) is 4.87. The lowest BCUT2D eigenvalue weighted by Gasteiger charge is -2.37. The highest BCUT2D eigenvalue weighted by Crippen LogP contribution is 2.60. The maximum Gasteiger partial charge on any atom is 0.379 e. The van der Waals surface area contributed by atoms with Crippen LogP contribution in [0.1, 0.15) is 0 Å². The number of nitrogens with zero attached hydrogens (tertiary/aromatic N) is 1. The van der Waals surface area contributed by atoms with Gasteiger partial charge in [0, 0.05) is 11.1 Å². The molecule has 0 fully saturated rings. The summed E-state index contributed by atoms with van der Waals surface area (Å²) in [5.74, 6) is 0.640. The lowest BCUT2D eigenvalue weighted by atomic mass is 10.0. The predicted molar refractivity (Wildman–Crippen MR) is 115 cm³/mol. The molecule has 28 heavy (non-hydrogen) atoms. The van der Waals surface area contributed by atoms with Gasteiger partial charge in [-0.2, -0.15) is 0 Å². The Kier molecular flexibility index (Phi) is 4.03. The monoisotopic (exact) mass is 383 g/mol. The second-order valence-electron chi connectivity index (χ2n) is 6.61. The highest BCUT2D eigenvalue weighted by atomic mass is 31.2. The first kappa shape index (κ1) is 16.9. The van der Waals surface area contributed by atoms with Gasteiger partial charge in [0.15, 0.2) is 0 Å². The van der Waals surface area contributed by atoms with Crippen LogP contribution in [0.3, 0.4) is 0 Å². The molecule has 0 aromatic heterocycles. The summed E-state index contributed by atoms with van der Waals surface area (Å²) in [4.78, 5) is 0. The van der Waals surface area contributed by atoms with Gasteiger partial charge in [-0.1, -0.05) is 72.8 Å². The highest BCUT2D eigenvalue weighted by molar-refractivity contribution is 7.69. The van der Waals surface area contributed by atoms with E-state index in [2.05, 4.69) is 0 Å². The normalized spacial score (nSPS) is 17.1. The Morgan fingerprint density at radius 2 is 1.07 bits per heavy atom. The van der Waals surface area contributed by atoms with Crippen molar-refractivity contribution in [1.29, 1.82) is 0 Å². The molecule has 3 nitrogen and oxygen atoms in total. The molecule has 0 amide bonds. The minimum atomic E-state index is -3.46. The zero-order valence-electron chi connectivity index (χ0n) is 15.1. The molecule has 5 rings (SSSR count). The zero-order chi connectivity index (χ0) is 19.0. The van der Waals surface area contributed by atoms with Crippen molar-refractivity contribution in [3.8, 4) is 16.9 Å². The summed E-state index contributed by atoms with van der Waals surface area (Å²) in [6, 6.07) is 35.1. The molecular formula is C24H18NO2P. The molecular weight excluding hydrogens is 365 g/mol. The molecule has 1 aliphatic heterocycles. The van der Waals surface area contributed by atoms with E-state index < -0.39 is 7.52 Å². The van der Waals surface area contributed by atoms with Gasteiger partial charge in [-0.3, -0.25) is 4.67 Å². The minimum absolute atomic E-state index is 0.640. The molecule has 1 atom stereocenters. The number of rotatable bonds is 3. The van der Waals surface area contributed by atoms with Crippen LogP contribution in [-0.4, -0.2) is 0 Å².